The van der Waals surface area contributed by atoms with Crippen molar-refractivity contribution in [1.29, 1.82) is 0 Å². The first-order chi connectivity index (χ1) is 5.29. The molecular formula is C6H5BrN2O2. The molecule has 0 saturated carbocycles. The highest BCUT2D eigenvalue weighted by Gasteiger charge is 2.25. The lowest BCUT2D eigenvalue weighted by molar-refractivity contribution is 0.0863. The van der Waals surface area contributed by atoms with Crippen molar-refractivity contribution in [2.75, 3.05) is 6.54 Å². The second-order valence-corrected chi connectivity index (χ2v) is 3.16. The largest absolute Gasteiger partial charge is 0.360 e. The number of rotatable bonds is 0. The highest BCUT2D eigenvalue weighted by Crippen LogP contribution is 2.19. The van der Waals surface area contributed by atoms with Gasteiger partial charge in [-0.25, -0.2) is 0 Å². The zero-order chi connectivity index (χ0) is 7.84. The van der Waals surface area contributed by atoms with Crippen molar-refractivity contribution in [2.24, 2.45) is 0 Å². The van der Waals surface area contributed by atoms with Gasteiger partial charge in [-0.1, -0.05) is 5.16 Å². The Hall–Kier alpha value is -0.840. The Morgan fingerprint density at radius 1 is 1.73 bits per heavy atom. The van der Waals surface area contributed by atoms with Gasteiger partial charge in [0.15, 0.2) is 5.76 Å². The van der Waals surface area contributed by atoms with Crippen molar-refractivity contribution in [3.8, 4) is 0 Å². The van der Waals surface area contributed by atoms with Gasteiger partial charge in [-0.2, -0.15) is 0 Å². The smallest absolute Gasteiger partial charge is 0.268 e. The minimum Gasteiger partial charge on any atom is -0.360 e. The van der Waals surface area contributed by atoms with Crippen LogP contribution in [0.2, 0.25) is 0 Å². The maximum Gasteiger partial charge on any atom is 0.268 e. The molecule has 0 atom stereocenters. The Kier molecular flexibility index (Phi) is 1.45. The van der Waals surface area contributed by atoms with Crippen LogP contribution >= 0.6 is 16.1 Å². The molecule has 1 aliphatic heterocycles. The molecule has 0 fully saturated rings. The van der Waals surface area contributed by atoms with E-state index in [0.717, 1.165) is 6.42 Å². The lowest BCUT2D eigenvalue weighted by Crippen LogP contribution is -2.28. The van der Waals surface area contributed by atoms with Crippen LogP contribution in [-0.2, 0) is 6.42 Å². The molecule has 1 aromatic rings. The molecule has 2 rings (SSSR count). The van der Waals surface area contributed by atoms with Gasteiger partial charge in [0.1, 0.15) is 5.56 Å². The molecular weight excluding hydrogens is 212 g/mol. The molecule has 0 aliphatic carbocycles. The fourth-order valence-electron chi connectivity index (χ4n) is 1.05. The summed E-state index contributed by atoms with van der Waals surface area (Å²) < 4.78 is 6.34. The normalized spacial score (nSPS) is 16.8. The number of aromatic nitrogens is 1. The van der Waals surface area contributed by atoms with Crippen LogP contribution in [0.1, 0.15) is 16.1 Å². The van der Waals surface area contributed by atoms with Crippen LogP contribution in [0.4, 0.5) is 0 Å². The highest BCUT2D eigenvalue weighted by atomic mass is 79.9. The highest BCUT2D eigenvalue weighted by molar-refractivity contribution is 9.07. The molecule has 1 aromatic heterocycles. The maximum absolute atomic E-state index is 11.3. The van der Waals surface area contributed by atoms with Gasteiger partial charge in [-0.05, 0) is 0 Å². The first-order valence-corrected chi connectivity index (χ1v) is 3.91. The van der Waals surface area contributed by atoms with E-state index in [1.54, 1.807) is 0 Å². The second kappa shape index (κ2) is 2.34. The lowest BCUT2D eigenvalue weighted by Gasteiger charge is -2.17. The number of hydrogen-bond donors (Lipinski definition) is 0. The minimum absolute atomic E-state index is 0.0764. The first kappa shape index (κ1) is 6.84. The predicted octanol–water partition coefficient (Wildman–Crippen LogP) is 0.983. The van der Waals surface area contributed by atoms with Crippen LogP contribution < -0.4 is 0 Å². The fraction of sp³-hybridized carbons (Fsp3) is 0.333. The molecule has 0 unspecified atom stereocenters. The van der Waals surface area contributed by atoms with Gasteiger partial charge in [-0.15, -0.1) is 0 Å². The molecule has 1 amide bonds. The number of hydrogen-bond acceptors (Lipinski definition) is 3. The summed E-state index contributed by atoms with van der Waals surface area (Å²) in [5, 5.41) is 3.55. The third-order valence-corrected chi connectivity index (χ3v) is 2.31. The summed E-state index contributed by atoms with van der Waals surface area (Å²) in [5.41, 5.74) is 0.563. The summed E-state index contributed by atoms with van der Waals surface area (Å²) >= 11 is 3.12. The van der Waals surface area contributed by atoms with Crippen LogP contribution in [0.25, 0.3) is 0 Å². The predicted molar refractivity (Wildman–Crippen MR) is 40.2 cm³/mol. The third kappa shape index (κ3) is 0.956. The Bertz CT molecular complexity index is 297. The lowest BCUT2D eigenvalue weighted by atomic mass is 10.1. The number of carbonyl (C=O) groups excluding carboxylic acids is 1. The quantitative estimate of drug-likeness (QED) is 0.608. The van der Waals surface area contributed by atoms with E-state index in [2.05, 4.69) is 21.3 Å². The van der Waals surface area contributed by atoms with Gasteiger partial charge >= 0.3 is 0 Å². The van der Waals surface area contributed by atoms with E-state index in [-0.39, 0.29) is 5.91 Å². The molecule has 0 spiro atoms. The molecule has 11 heavy (non-hydrogen) atoms. The van der Waals surface area contributed by atoms with Crippen LogP contribution in [0.3, 0.4) is 0 Å². The van der Waals surface area contributed by atoms with E-state index in [1.165, 1.54) is 10.1 Å². The van der Waals surface area contributed by atoms with Crippen molar-refractivity contribution >= 4 is 22.1 Å². The van der Waals surface area contributed by atoms with Crippen molar-refractivity contribution in [1.82, 2.24) is 9.08 Å². The SMILES string of the molecule is O=C1c2cnoc2CCN1Br. The Morgan fingerprint density at radius 2 is 2.55 bits per heavy atom. The molecule has 0 aromatic carbocycles. The van der Waals surface area contributed by atoms with E-state index < -0.39 is 0 Å². The Morgan fingerprint density at radius 3 is 3.36 bits per heavy atom. The first-order valence-electron chi connectivity index (χ1n) is 3.20. The van der Waals surface area contributed by atoms with Crippen LogP contribution in [0.15, 0.2) is 10.7 Å². The van der Waals surface area contributed by atoms with E-state index >= 15 is 0 Å². The summed E-state index contributed by atoms with van der Waals surface area (Å²) in [6, 6.07) is 0. The van der Waals surface area contributed by atoms with Gasteiger partial charge in [0.05, 0.1) is 22.3 Å². The standard InChI is InChI=1S/C6H5BrN2O2/c7-9-2-1-5-4(6(9)10)3-8-11-5/h3H,1-2H2. The number of nitrogens with zero attached hydrogens (tertiary/aromatic N) is 2. The average Bonchev–Trinajstić information content (AvgIpc) is 2.45. The topological polar surface area (TPSA) is 46.3 Å². The molecule has 2 heterocycles. The van der Waals surface area contributed by atoms with E-state index in [9.17, 15) is 4.79 Å². The molecule has 5 heteroatoms. The van der Waals surface area contributed by atoms with Crippen LogP contribution in [0.5, 0.6) is 0 Å². The molecule has 0 bridgehead atoms. The summed E-state index contributed by atoms with van der Waals surface area (Å²) in [7, 11) is 0. The second-order valence-electron chi connectivity index (χ2n) is 2.30. The van der Waals surface area contributed by atoms with E-state index in [1.807, 2.05) is 0 Å². The number of amides is 1. The number of fused-ring (bicyclic) bond motifs is 1. The molecule has 0 radical (unpaired) electrons. The van der Waals surface area contributed by atoms with Crippen molar-refractivity contribution in [3.05, 3.63) is 17.5 Å². The molecule has 1 aliphatic rings. The van der Waals surface area contributed by atoms with Crippen molar-refractivity contribution < 1.29 is 9.32 Å². The summed E-state index contributed by atoms with van der Waals surface area (Å²) in [4.78, 5) is 11.3. The van der Waals surface area contributed by atoms with Gasteiger partial charge in [-0.3, -0.25) is 8.72 Å². The average molecular weight is 217 g/mol. The van der Waals surface area contributed by atoms with E-state index in [4.69, 9.17) is 4.52 Å². The Balaban J connectivity index is 2.46. The zero-order valence-corrected chi connectivity index (χ0v) is 7.17. The minimum atomic E-state index is -0.0764. The summed E-state index contributed by atoms with van der Waals surface area (Å²) in [6.07, 6.45) is 2.18. The molecule has 4 nitrogen and oxygen atoms in total. The van der Waals surface area contributed by atoms with Crippen LogP contribution in [0, 0.1) is 0 Å². The third-order valence-electron chi connectivity index (χ3n) is 1.63. The van der Waals surface area contributed by atoms with Gasteiger partial charge in [0.25, 0.3) is 5.91 Å². The van der Waals surface area contributed by atoms with Crippen LogP contribution in [-0.4, -0.2) is 21.5 Å². The monoisotopic (exact) mass is 216 g/mol. The van der Waals surface area contributed by atoms with Gasteiger partial charge < -0.3 is 4.52 Å². The van der Waals surface area contributed by atoms with Crippen molar-refractivity contribution in [2.45, 2.75) is 6.42 Å². The summed E-state index contributed by atoms with van der Waals surface area (Å²) in [6.45, 7) is 0.640. The molecule has 0 N–H and O–H groups in total. The zero-order valence-electron chi connectivity index (χ0n) is 5.58. The fourth-order valence-corrected chi connectivity index (χ4v) is 1.42. The van der Waals surface area contributed by atoms with E-state index in [0.29, 0.717) is 17.9 Å². The number of carbonyl (C=O) groups is 1. The van der Waals surface area contributed by atoms with Gasteiger partial charge in [0, 0.05) is 13.0 Å². The maximum atomic E-state index is 11.3. The number of halogens is 1. The van der Waals surface area contributed by atoms with Gasteiger partial charge in [0.2, 0.25) is 0 Å². The molecule has 0 saturated heterocycles. The molecule has 58 valence electrons. The Labute approximate surface area is 71.5 Å². The summed E-state index contributed by atoms with van der Waals surface area (Å²) in [5.74, 6) is 0.609. The van der Waals surface area contributed by atoms with Crippen molar-refractivity contribution in [3.63, 3.8) is 0 Å².